The van der Waals surface area contributed by atoms with Crippen LogP contribution in [-0.2, 0) is 16.1 Å². The van der Waals surface area contributed by atoms with Crippen LogP contribution in [0.5, 0.6) is 0 Å². The van der Waals surface area contributed by atoms with E-state index in [0.29, 0.717) is 29.6 Å². The number of hydrogen-bond donors (Lipinski definition) is 1. The van der Waals surface area contributed by atoms with Gasteiger partial charge in [-0.15, -0.1) is 0 Å². The zero-order valence-corrected chi connectivity index (χ0v) is 13.9. The number of carbonyl (C=O) groups is 2. The number of carboxylic acid groups (broad SMARTS) is 1. The van der Waals surface area contributed by atoms with E-state index in [2.05, 4.69) is 0 Å². The van der Waals surface area contributed by atoms with E-state index in [9.17, 15) is 14.7 Å². The quantitative estimate of drug-likeness (QED) is 0.844. The van der Waals surface area contributed by atoms with Gasteiger partial charge in [-0.2, -0.15) is 0 Å². The van der Waals surface area contributed by atoms with Crippen LogP contribution in [0.2, 0.25) is 10.0 Å². The van der Waals surface area contributed by atoms with Gasteiger partial charge in [0.25, 0.3) is 0 Å². The van der Waals surface area contributed by atoms with Crippen LogP contribution in [0.25, 0.3) is 0 Å². The standard InChI is InChI=1S/C17H17Cl2NO3/c18-13-5-4-10(8-14(13)19)9-20-7-6-11-2-1-3-12(17(22)23)15(11)16(20)21/h1-2,4-5,8,11-12,15H,3,6-7,9H2,(H,22,23)/t11?,12?,15-/m0/s1. The Bertz CT molecular complexity index is 674. The number of hydrogen-bond acceptors (Lipinski definition) is 2. The number of halogens is 2. The molecule has 1 aromatic rings. The molecule has 0 aromatic heterocycles. The predicted octanol–water partition coefficient (Wildman–Crippen LogP) is 3.62. The third kappa shape index (κ3) is 3.24. The highest BCUT2D eigenvalue weighted by atomic mass is 35.5. The van der Waals surface area contributed by atoms with Crippen LogP contribution < -0.4 is 0 Å². The zero-order valence-electron chi connectivity index (χ0n) is 12.4. The Balaban J connectivity index is 1.79. The van der Waals surface area contributed by atoms with E-state index in [-0.39, 0.29) is 11.8 Å². The summed E-state index contributed by atoms with van der Waals surface area (Å²) in [5.41, 5.74) is 0.893. The number of fused-ring (bicyclic) bond motifs is 1. The first-order chi connectivity index (χ1) is 11.0. The van der Waals surface area contributed by atoms with Gasteiger partial charge in [-0.25, -0.2) is 0 Å². The Morgan fingerprint density at radius 2 is 2.09 bits per heavy atom. The van der Waals surface area contributed by atoms with Gasteiger partial charge in [-0.1, -0.05) is 41.4 Å². The maximum atomic E-state index is 12.8. The van der Waals surface area contributed by atoms with Gasteiger partial charge in [0.1, 0.15) is 0 Å². The maximum absolute atomic E-state index is 12.8. The number of rotatable bonds is 3. The summed E-state index contributed by atoms with van der Waals surface area (Å²) >= 11 is 11.9. The van der Waals surface area contributed by atoms with E-state index in [1.54, 1.807) is 17.0 Å². The Morgan fingerprint density at radius 1 is 1.30 bits per heavy atom. The highest BCUT2D eigenvalue weighted by Gasteiger charge is 2.44. The summed E-state index contributed by atoms with van der Waals surface area (Å²) in [7, 11) is 0. The zero-order chi connectivity index (χ0) is 16.6. The molecule has 1 aliphatic heterocycles. The third-order valence-electron chi connectivity index (χ3n) is 4.67. The minimum Gasteiger partial charge on any atom is -0.481 e. The van der Waals surface area contributed by atoms with Gasteiger partial charge in [0.15, 0.2) is 0 Å². The summed E-state index contributed by atoms with van der Waals surface area (Å²) in [4.78, 5) is 26.0. The van der Waals surface area contributed by atoms with Crippen molar-refractivity contribution in [2.24, 2.45) is 17.8 Å². The Hall–Kier alpha value is -1.52. The van der Waals surface area contributed by atoms with Crippen molar-refractivity contribution in [2.75, 3.05) is 6.54 Å². The van der Waals surface area contributed by atoms with Gasteiger partial charge >= 0.3 is 5.97 Å². The van der Waals surface area contributed by atoms with E-state index < -0.39 is 17.8 Å². The van der Waals surface area contributed by atoms with Crippen molar-refractivity contribution in [2.45, 2.75) is 19.4 Å². The molecule has 3 rings (SSSR count). The fraction of sp³-hybridized carbons (Fsp3) is 0.412. The van der Waals surface area contributed by atoms with E-state index in [1.165, 1.54) is 0 Å². The number of piperidine rings is 1. The second-order valence-corrected chi connectivity index (χ2v) is 6.91. The Kier molecular flexibility index (Phi) is 4.64. The van der Waals surface area contributed by atoms with Crippen LogP contribution in [-0.4, -0.2) is 28.4 Å². The number of allylic oxidation sites excluding steroid dienone is 2. The lowest BCUT2D eigenvalue weighted by Crippen LogP contribution is -2.49. The lowest BCUT2D eigenvalue weighted by molar-refractivity contribution is -0.155. The normalized spacial score (nSPS) is 27.0. The minimum atomic E-state index is -0.894. The molecule has 23 heavy (non-hydrogen) atoms. The number of amides is 1. The highest BCUT2D eigenvalue weighted by Crippen LogP contribution is 2.38. The summed E-state index contributed by atoms with van der Waals surface area (Å²) in [5.74, 6) is -2.04. The van der Waals surface area contributed by atoms with Gasteiger partial charge in [0.05, 0.1) is 21.9 Å². The molecular formula is C17H17Cl2NO3. The molecule has 2 unspecified atom stereocenters. The monoisotopic (exact) mass is 353 g/mol. The van der Waals surface area contributed by atoms with E-state index in [1.807, 2.05) is 18.2 Å². The average Bonchev–Trinajstić information content (AvgIpc) is 2.53. The average molecular weight is 354 g/mol. The SMILES string of the molecule is O=C(O)C1CC=CC2CCN(Cc3ccc(Cl)c(Cl)c3)C(=O)[C@@H]21. The fourth-order valence-electron chi connectivity index (χ4n) is 3.49. The molecule has 4 nitrogen and oxygen atoms in total. The summed E-state index contributed by atoms with van der Waals surface area (Å²) in [6, 6.07) is 5.29. The van der Waals surface area contributed by atoms with Gasteiger partial charge in [0.2, 0.25) is 5.91 Å². The molecule has 1 aromatic carbocycles. The molecule has 1 saturated heterocycles. The lowest BCUT2D eigenvalue weighted by Gasteiger charge is -2.41. The van der Waals surface area contributed by atoms with Crippen molar-refractivity contribution in [3.05, 3.63) is 46.0 Å². The van der Waals surface area contributed by atoms with E-state index >= 15 is 0 Å². The first-order valence-electron chi connectivity index (χ1n) is 7.59. The summed E-state index contributed by atoms with van der Waals surface area (Å²) in [5, 5.41) is 10.3. The summed E-state index contributed by atoms with van der Waals surface area (Å²) < 4.78 is 0. The highest BCUT2D eigenvalue weighted by molar-refractivity contribution is 6.42. The smallest absolute Gasteiger partial charge is 0.307 e. The predicted molar refractivity (Wildman–Crippen MR) is 88.4 cm³/mol. The molecule has 1 aliphatic carbocycles. The van der Waals surface area contributed by atoms with Crippen LogP contribution in [0.4, 0.5) is 0 Å². The van der Waals surface area contributed by atoms with Crippen molar-refractivity contribution in [3.63, 3.8) is 0 Å². The fourth-order valence-corrected chi connectivity index (χ4v) is 3.81. The van der Waals surface area contributed by atoms with Gasteiger partial charge in [-0.05, 0) is 36.5 Å². The Labute approximate surface area is 144 Å². The maximum Gasteiger partial charge on any atom is 0.307 e. The molecular weight excluding hydrogens is 337 g/mol. The number of carboxylic acids is 1. The number of likely N-dealkylation sites (tertiary alicyclic amines) is 1. The second-order valence-electron chi connectivity index (χ2n) is 6.10. The summed E-state index contributed by atoms with van der Waals surface area (Å²) in [6.07, 6.45) is 5.10. The molecule has 2 aliphatic rings. The van der Waals surface area contributed by atoms with Gasteiger partial charge in [-0.3, -0.25) is 9.59 Å². The van der Waals surface area contributed by atoms with Crippen molar-refractivity contribution < 1.29 is 14.7 Å². The topological polar surface area (TPSA) is 57.6 Å². The first kappa shape index (κ1) is 16.3. The second kappa shape index (κ2) is 6.54. The third-order valence-corrected chi connectivity index (χ3v) is 5.41. The Morgan fingerprint density at radius 3 is 2.78 bits per heavy atom. The number of benzene rings is 1. The van der Waals surface area contributed by atoms with Gasteiger partial charge < -0.3 is 10.0 Å². The molecule has 1 N–H and O–H groups in total. The van der Waals surface area contributed by atoms with Crippen molar-refractivity contribution in [1.82, 2.24) is 4.90 Å². The van der Waals surface area contributed by atoms with Crippen LogP contribution in [0.1, 0.15) is 18.4 Å². The number of aliphatic carboxylic acids is 1. The molecule has 0 saturated carbocycles. The van der Waals surface area contributed by atoms with Gasteiger partial charge in [0, 0.05) is 13.1 Å². The van der Waals surface area contributed by atoms with Crippen molar-refractivity contribution in [1.29, 1.82) is 0 Å². The van der Waals surface area contributed by atoms with E-state index in [4.69, 9.17) is 23.2 Å². The summed E-state index contributed by atoms with van der Waals surface area (Å²) in [6.45, 7) is 1.05. The van der Waals surface area contributed by atoms with Crippen molar-refractivity contribution in [3.8, 4) is 0 Å². The molecule has 1 fully saturated rings. The molecule has 0 spiro atoms. The molecule has 3 atom stereocenters. The van der Waals surface area contributed by atoms with Crippen LogP contribution in [0, 0.1) is 17.8 Å². The molecule has 6 heteroatoms. The van der Waals surface area contributed by atoms with Crippen LogP contribution in [0.3, 0.4) is 0 Å². The number of nitrogens with zero attached hydrogens (tertiary/aromatic N) is 1. The van der Waals surface area contributed by atoms with Crippen molar-refractivity contribution >= 4 is 35.1 Å². The number of carbonyl (C=O) groups excluding carboxylic acids is 1. The molecule has 0 radical (unpaired) electrons. The largest absolute Gasteiger partial charge is 0.481 e. The molecule has 0 bridgehead atoms. The van der Waals surface area contributed by atoms with Crippen LogP contribution >= 0.6 is 23.2 Å². The molecule has 122 valence electrons. The first-order valence-corrected chi connectivity index (χ1v) is 8.35. The van der Waals surface area contributed by atoms with Crippen LogP contribution in [0.15, 0.2) is 30.4 Å². The molecule has 1 heterocycles. The lowest BCUT2D eigenvalue weighted by atomic mass is 9.71. The minimum absolute atomic E-state index is 0.0300. The molecule has 1 amide bonds. The van der Waals surface area contributed by atoms with E-state index in [0.717, 1.165) is 12.0 Å².